The number of rotatable bonds is 10. The minimum atomic E-state index is -0.217. The molecule has 0 radical (unpaired) electrons. The number of piperazine rings is 1. The zero-order chi connectivity index (χ0) is 28.8. The Morgan fingerprint density at radius 3 is 2.39 bits per heavy atom. The molecule has 3 aromatic rings. The van der Waals surface area contributed by atoms with Crippen molar-refractivity contribution in [2.45, 2.75) is 31.8 Å². The average molecular weight is 574 g/mol. The maximum absolute atomic E-state index is 13.9. The minimum Gasteiger partial charge on any atom is -0.490 e. The van der Waals surface area contributed by atoms with Crippen molar-refractivity contribution in [2.75, 3.05) is 39.9 Å². The average Bonchev–Trinajstić information content (AvgIpc) is 2.99. The van der Waals surface area contributed by atoms with Gasteiger partial charge in [-0.3, -0.25) is 9.59 Å². The van der Waals surface area contributed by atoms with Crippen LogP contribution in [0, 0.1) is 0 Å². The highest BCUT2D eigenvalue weighted by Crippen LogP contribution is 2.34. The Kier molecular flexibility index (Phi) is 9.27. The molecule has 0 aromatic heterocycles. The van der Waals surface area contributed by atoms with Gasteiger partial charge in [-0.1, -0.05) is 66.2 Å². The summed E-state index contributed by atoms with van der Waals surface area (Å²) < 4.78 is 11.6. The summed E-state index contributed by atoms with van der Waals surface area (Å²) in [6.07, 6.45) is 1.44. The number of ether oxygens (including phenoxy) is 2. The molecule has 0 saturated carbocycles. The van der Waals surface area contributed by atoms with Crippen LogP contribution in [0.25, 0.3) is 5.57 Å². The molecule has 2 amide bonds. The Bertz CT molecular complexity index is 1390. The molecule has 2 bridgehead atoms. The van der Waals surface area contributed by atoms with E-state index in [-0.39, 0.29) is 23.9 Å². The van der Waals surface area contributed by atoms with Gasteiger partial charge in [-0.05, 0) is 53.8 Å². The van der Waals surface area contributed by atoms with E-state index in [0.717, 1.165) is 28.9 Å². The number of nitrogens with one attached hydrogen (secondary N) is 1. The van der Waals surface area contributed by atoms with E-state index in [0.29, 0.717) is 50.0 Å². The van der Waals surface area contributed by atoms with Crippen LogP contribution >= 0.6 is 11.6 Å². The minimum absolute atomic E-state index is 0.00525. The molecule has 0 spiro atoms. The van der Waals surface area contributed by atoms with E-state index in [9.17, 15) is 9.59 Å². The molecule has 41 heavy (non-hydrogen) atoms. The van der Waals surface area contributed by atoms with E-state index in [2.05, 4.69) is 17.4 Å². The number of amides is 2. The number of carbonyl (C=O) groups excluding carboxylic acids is 2. The number of hydrogen-bond donors (Lipinski definition) is 1. The van der Waals surface area contributed by atoms with Crippen molar-refractivity contribution in [1.82, 2.24) is 15.1 Å². The van der Waals surface area contributed by atoms with Crippen molar-refractivity contribution >= 4 is 29.0 Å². The van der Waals surface area contributed by atoms with Gasteiger partial charge >= 0.3 is 0 Å². The van der Waals surface area contributed by atoms with Gasteiger partial charge in [0.1, 0.15) is 24.7 Å². The Balaban J connectivity index is 1.31. The summed E-state index contributed by atoms with van der Waals surface area (Å²) in [5, 5.41) is 4.18. The van der Waals surface area contributed by atoms with Crippen molar-refractivity contribution in [1.29, 1.82) is 0 Å². The number of hydrogen-bond acceptors (Lipinski definition) is 5. The number of para-hydroxylation sites is 1. The second kappa shape index (κ2) is 13.2. The number of carbonyl (C=O) groups is 2. The topological polar surface area (TPSA) is 71.1 Å². The highest BCUT2D eigenvalue weighted by molar-refractivity contribution is 6.32. The van der Waals surface area contributed by atoms with Gasteiger partial charge in [0.2, 0.25) is 5.91 Å². The second-order valence-electron chi connectivity index (χ2n) is 10.6. The van der Waals surface area contributed by atoms with Crippen LogP contribution in [0.5, 0.6) is 11.5 Å². The van der Waals surface area contributed by atoms with E-state index in [1.165, 1.54) is 5.56 Å². The molecule has 1 saturated heterocycles. The number of fused-ring (bicyclic) bond motifs is 2. The van der Waals surface area contributed by atoms with Gasteiger partial charge in [0.05, 0.1) is 11.1 Å². The predicted octanol–water partition coefficient (Wildman–Crippen LogP) is 4.85. The third-order valence-electron chi connectivity index (χ3n) is 7.65. The maximum Gasteiger partial charge on any atom is 0.251 e. The fourth-order valence-electron chi connectivity index (χ4n) is 5.50. The number of nitrogens with zero attached hydrogens (tertiary/aromatic N) is 2. The first kappa shape index (κ1) is 28.7. The van der Waals surface area contributed by atoms with E-state index in [1.807, 2.05) is 72.6 Å². The van der Waals surface area contributed by atoms with Crippen LogP contribution < -0.4 is 14.8 Å². The maximum atomic E-state index is 13.9. The summed E-state index contributed by atoms with van der Waals surface area (Å²) in [5.41, 5.74) is 3.96. The van der Waals surface area contributed by atoms with Gasteiger partial charge < -0.3 is 24.6 Å². The smallest absolute Gasteiger partial charge is 0.251 e. The standard InChI is InChI=1S/C33H36ClN3O4/c1-23(38)37-21-26-20-28(25-12-14-27(15-13-25)40-18-19-41-31-11-7-6-10-29(31)34)32(30(22-37)35-26)33(39)36(2)17-16-24-8-4-3-5-9-24/h3-15,26,30,35H,16-22H2,1-2H3/t26-,30-/m1/s1. The SMILES string of the molecule is CC(=O)N1C[C@H]2CC(c3ccc(OCCOc4ccccc4Cl)cc3)=C(C(=O)N(C)CCc3ccccc3)[C@@H](C1)N2. The molecule has 2 aliphatic rings. The Morgan fingerprint density at radius 2 is 1.66 bits per heavy atom. The van der Waals surface area contributed by atoms with Crippen LogP contribution in [-0.4, -0.2) is 73.6 Å². The van der Waals surface area contributed by atoms with Gasteiger partial charge in [-0.15, -0.1) is 0 Å². The van der Waals surface area contributed by atoms with Crippen molar-refractivity contribution in [2.24, 2.45) is 0 Å². The molecule has 8 heteroatoms. The summed E-state index contributed by atoms with van der Waals surface area (Å²) in [6, 6.07) is 25.3. The Morgan fingerprint density at radius 1 is 0.951 bits per heavy atom. The van der Waals surface area contributed by atoms with E-state index < -0.39 is 0 Å². The quantitative estimate of drug-likeness (QED) is 0.351. The van der Waals surface area contributed by atoms with Crippen LogP contribution in [0.1, 0.15) is 24.5 Å². The van der Waals surface area contributed by atoms with E-state index in [4.69, 9.17) is 21.1 Å². The first-order valence-corrected chi connectivity index (χ1v) is 14.4. The molecule has 0 aliphatic carbocycles. The zero-order valence-electron chi connectivity index (χ0n) is 23.5. The molecule has 7 nitrogen and oxygen atoms in total. The second-order valence-corrected chi connectivity index (χ2v) is 11.0. The summed E-state index contributed by atoms with van der Waals surface area (Å²) >= 11 is 6.15. The lowest BCUT2D eigenvalue weighted by molar-refractivity contribution is -0.132. The van der Waals surface area contributed by atoms with Gasteiger partial charge in [-0.25, -0.2) is 0 Å². The highest BCUT2D eigenvalue weighted by Gasteiger charge is 2.39. The normalized spacial score (nSPS) is 18.2. The van der Waals surface area contributed by atoms with E-state index in [1.54, 1.807) is 17.9 Å². The lowest BCUT2D eigenvalue weighted by Crippen LogP contribution is -2.61. The van der Waals surface area contributed by atoms with Crippen LogP contribution in [0.15, 0.2) is 84.4 Å². The van der Waals surface area contributed by atoms with E-state index >= 15 is 0 Å². The van der Waals surface area contributed by atoms with Crippen molar-refractivity contribution < 1.29 is 19.1 Å². The summed E-state index contributed by atoms with van der Waals surface area (Å²) in [7, 11) is 1.86. The summed E-state index contributed by atoms with van der Waals surface area (Å²) in [6.45, 7) is 4.06. The zero-order valence-corrected chi connectivity index (χ0v) is 24.3. The first-order valence-electron chi connectivity index (χ1n) is 14.0. The fraction of sp³-hybridized carbons (Fsp3) is 0.333. The lowest BCUT2D eigenvalue weighted by atomic mass is 9.83. The molecule has 5 rings (SSSR count). The molecule has 1 N–H and O–H groups in total. The van der Waals surface area contributed by atoms with Crippen molar-refractivity contribution in [3.63, 3.8) is 0 Å². The third-order valence-corrected chi connectivity index (χ3v) is 7.97. The fourth-order valence-corrected chi connectivity index (χ4v) is 5.69. The highest BCUT2D eigenvalue weighted by atomic mass is 35.5. The van der Waals surface area contributed by atoms with Crippen LogP contribution in [0.4, 0.5) is 0 Å². The molecule has 2 aliphatic heterocycles. The number of halogens is 1. The largest absolute Gasteiger partial charge is 0.490 e. The van der Waals surface area contributed by atoms with Crippen LogP contribution in [0.2, 0.25) is 5.02 Å². The first-order chi connectivity index (χ1) is 19.9. The molecule has 3 aromatic carbocycles. The summed E-state index contributed by atoms with van der Waals surface area (Å²) in [5.74, 6) is 1.39. The number of benzene rings is 3. The van der Waals surface area contributed by atoms with Crippen LogP contribution in [0.3, 0.4) is 0 Å². The molecule has 2 atom stereocenters. The Hall–Kier alpha value is -3.81. The Labute approximate surface area is 246 Å². The molecular formula is C33H36ClN3O4. The predicted molar refractivity (Wildman–Crippen MR) is 161 cm³/mol. The summed E-state index contributed by atoms with van der Waals surface area (Å²) in [4.78, 5) is 29.8. The third kappa shape index (κ3) is 7.10. The molecular weight excluding hydrogens is 538 g/mol. The van der Waals surface area contributed by atoms with Gasteiger partial charge in [0, 0.05) is 45.2 Å². The van der Waals surface area contributed by atoms with Crippen molar-refractivity contribution in [3.05, 3.63) is 101 Å². The van der Waals surface area contributed by atoms with Gasteiger partial charge in [0.25, 0.3) is 5.91 Å². The van der Waals surface area contributed by atoms with Gasteiger partial charge in [-0.2, -0.15) is 0 Å². The van der Waals surface area contributed by atoms with Crippen molar-refractivity contribution in [3.8, 4) is 11.5 Å². The molecule has 0 unspecified atom stereocenters. The lowest BCUT2D eigenvalue weighted by Gasteiger charge is -2.44. The molecule has 214 valence electrons. The van der Waals surface area contributed by atoms with Crippen LogP contribution in [-0.2, 0) is 16.0 Å². The molecule has 2 heterocycles. The number of likely N-dealkylation sites (N-methyl/N-ethyl adjacent to an activating group) is 1. The van der Waals surface area contributed by atoms with Gasteiger partial charge in [0.15, 0.2) is 0 Å². The molecule has 1 fully saturated rings. The monoisotopic (exact) mass is 573 g/mol.